The minimum Gasteiger partial charge on any atom is -0.494 e. The smallest absolute Gasteiger partial charge is 0.260 e. The number of amides is 1. The Morgan fingerprint density at radius 3 is 2.61 bits per heavy atom. The number of hydrogen-bond donors (Lipinski definition) is 0. The Balaban J connectivity index is 1.59. The van der Waals surface area contributed by atoms with Gasteiger partial charge in [-0.1, -0.05) is 17.8 Å². The molecule has 1 amide bonds. The molecule has 1 unspecified atom stereocenters. The molecule has 10 heteroatoms. The van der Waals surface area contributed by atoms with Crippen LogP contribution in [-0.4, -0.2) is 73.4 Å². The molecular formula is C23H27N3O5S2. The quantitative estimate of drug-likeness (QED) is 0.618. The lowest BCUT2D eigenvalue weighted by molar-refractivity contribution is 0.0730. The van der Waals surface area contributed by atoms with Gasteiger partial charge in [0, 0.05) is 30.4 Å². The number of thioether (sulfide) groups is 1. The van der Waals surface area contributed by atoms with Crippen molar-refractivity contribution in [2.75, 3.05) is 38.7 Å². The third-order valence-corrected chi connectivity index (χ3v) is 8.47. The summed E-state index contributed by atoms with van der Waals surface area (Å²) in [5, 5.41) is 0.595. The molecule has 0 saturated carbocycles. The van der Waals surface area contributed by atoms with Crippen molar-refractivity contribution in [1.82, 2.24) is 9.21 Å². The molecule has 2 aliphatic rings. The van der Waals surface area contributed by atoms with Crippen LogP contribution in [0.15, 0.2) is 58.4 Å². The van der Waals surface area contributed by atoms with Gasteiger partial charge in [-0.2, -0.15) is 4.31 Å². The highest BCUT2D eigenvalue weighted by atomic mass is 32.2. The number of amidine groups is 1. The summed E-state index contributed by atoms with van der Waals surface area (Å²) in [4.78, 5) is 19.9. The SMILES string of the molecule is CCOc1ccc(N=C2SCC(C)N2C(=O)c2cccc(S(=O)(=O)N3CCOCC3)c2)cc1. The molecule has 176 valence electrons. The number of carbonyl (C=O) groups is 1. The van der Waals surface area contributed by atoms with Crippen LogP contribution in [0.1, 0.15) is 24.2 Å². The largest absolute Gasteiger partial charge is 0.494 e. The number of morpholine rings is 1. The second kappa shape index (κ2) is 10.3. The zero-order valence-corrected chi connectivity index (χ0v) is 20.3. The molecule has 2 fully saturated rings. The number of ether oxygens (including phenoxy) is 2. The Kier molecular flexibility index (Phi) is 7.38. The highest BCUT2D eigenvalue weighted by Crippen LogP contribution is 2.30. The maximum atomic E-state index is 13.4. The zero-order chi connectivity index (χ0) is 23.4. The summed E-state index contributed by atoms with van der Waals surface area (Å²) in [6.45, 7) is 5.81. The van der Waals surface area contributed by atoms with Crippen LogP contribution in [0.5, 0.6) is 5.75 Å². The molecule has 2 aromatic carbocycles. The van der Waals surface area contributed by atoms with Gasteiger partial charge in [-0.05, 0) is 56.3 Å². The number of benzene rings is 2. The van der Waals surface area contributed by atoms with Gasteiger partial charge in [-0.25, -0.2) is 13.4 Å². The van der Waals surface area contributed by atoms with Crippen molar-refractivity contribution in [1.29, 1.82) is 0 Å². The van der Waals surface area contributed by atoms with E-state index in [1.54, 1.807) is 17.0 Å². The number of rotatable bonds is 6. The van der Waals surface area contributed by atoms with Gasteiger partial charge in [0.25, 0.3) is 5.91 Å². The number of nitrogens with zero attached hydrogens (tertiary/aromatic N) is 3. The molecule has 33 heavy (non-hydrogen) atoms. The predicted octanol–water partition coefficient (Wildman–Crippen LogP) is 3.37. The summed E-state index contributed by atoms with van der Waals surface area (Å²) in [6, 6.07) is 13.6. The average molecular weight is 490 g/mol. The van der Waals surface area contributed by atoms with Crippen LogP contribution < -0.4 is 4.74 Å². The molecule has 1 atom stereocenters. The first-order valence-corrected chi connectivity index (χ1v) is 13.3. The molecule has 0 aliphatic carbocycles. The highest BCUT2D eigenvalue weighted by Gasteiger charge is 2.34. The topological polar surface area (TPSA) is 88.5 Å². The lowest BCUT2D eigenvalue weighted by atomic mass is 10.2. The third-order valence-electron chi connectivity index (χ3n) is 5.38. The minimum absolute atomic E-state index is 0.0662. The van der Waals surface area contributed by atoms with Crippen LogP contribution in [0.2, 0.25) is 0 Å². The average Bonchev–Trinajstić information content (AvgIpc) is 3.20. The van der Waals surface area contributed by atoms with Gasteiger partial charge in [-0.15, -0.1) is 0 Å². The molecular weight excluding hydrogens is 462 g/mol. The van der Waals surface area contributed by atoms with Crippen LogP contribution in [0.3, 0.4) is 0 Å². The Bertz CT molecular complexity index is 1130. The molecule has 8 nitrogen and oxygen atoms in total. The highest BCUT2D eigenvalue weighted by molar-refractivity contribution is 8.14. The molecule has 0 bridgehead atoms. The summed E-state index contributed by atoms with van der Waals surface area (Å²) in [5.74, 6) is 1.21. The van der Waals surface area contributed by atoms with E-state index in [1.165, 1.54) is 28.2 Å². The number of hydrogen-bond acceptors (Lipinski definition) is 7. The van der Waals surface area contributed by atoms with Crippen molar-refractivity contribution in [2.45, 2.75) is 24.8 Å². The van der Waals surface area contributed by atoms with E-state index in [2.05, 4.69) is 4.99 Å². The van der Waals surface area contributed by atoms with Crippen LogP contribution >= 0.6 is 11.8 Å². The molecule has 2 aromatic rings. The van der Waals surface area contributed by atoms with Crippen molar-refractivity contribution >= 4 is 38.5 Å². The molecule has 0 spiro atoms. The van der Waals surface area contributed by atoms with Crippen LogP contribution in [0.25, 0.3) is 0 Å². The summed E-state index contributed by atoms with van der Waals surface area (Å²) in [5.41, 5.74) is 1.04. The van der Waals surface area contributed by atoms with Gasteiger partial charge in [0.2, 0.25) is 10.0 Å². The fraction of sp³-hybridized carbons (Fsp3) is 0.391. The van der Waals surface area contributed by atoms with Crippen LogP contribution in [-0.2, 0) is 14.8 Å². The first kappa shape index (κ1) is 23.7. The molecule has 4 rings (SSSR count). The first-order valence-electron chi connectivity index (χ1n) is 10.9. The van der Waals surface area contributed by atoms with Gasteiger partial charge in [0.05, 0.1) is 30.4 Å². The Hall–Kier alpha value is -2.40. The van der Waals surface area contributed by atoms with E-state index in [4.69, 9.17) is 9.47 Å². The molecule has 0 radical (unpaired) electrons. The second-order valence-corrected chi connectivity index (χ2v) is 10.6. The predicted molar refractivity (Wildman–Crippen MR) is 129 cm³/mol. The van der Waals surface area contributed by atoms with E-state index >= 15 is 0 Å². The second-order valence-electron chi connectivity index (χ2n) is 7.70. The summed E-state index contributed by atoms with van der Waals surface area (Å²) in [7, 11) is -3.69. The molecule has 0 aromatic heterocycles. The van der Waals surface area contributed by atoms with Crippen molar-refractivity contribution in [2.24, 2.45) is 4.99 Å². The standard InChI is InChI=1S/C23H27N3O5S2/c1-3-31-20-9-7-19(8-10-20)24-23-26(17(2)16-32-23)22(27)18-5-4-6-21(15-18)33(28,29)25-11-13-30-14-12-25/h4-10,15,17H,3,11-14,16H2,1-2H3. The Morgan fingerprint density at radius 1 is 1.18 bits per heavy atom. The number of sulfonamides is 1. The van der Waals surface area contributed by atoms with Crippen LogP contribution in [0, 0.1) is 0 Å². The summed E-state index contributed by atoms with van der Waals surface area (Å²) >= 11 is 1.51. The summed E-state index contributed by atoms with van der Waals surface area (Å²) < 4.78 is 38.2. The van der Waals surface area contributed by atoms with E-state index < -0.39 is 10.0 Å². The fourth-order valence-corrected chi connectivity index (χ4v) is 6.23. The van der Waals surface area contributed by atoms with E-state index in [0.717, 1.165) is 11.4 Å². The van der Waals surface area contributed by atoms with Crippen LogP contribution in [0.4, 0.5) is 5.69 Å². The fourth-order valence-electron chi connectivity index (χ4n) is 3.66. The normalized spacial score (nSPS) is 20.8. The Labute approximate surface area is 198 Å². The van der Waals surface area contributed by atoms with Crippen molar-refractivity contribution < 1.29 is 22.7 Å². The number of carbonyl (C=O) groups excluding carboxylic acids is 1. The molecule has 2 heterocycles. The molecule has 2 saturated heterocycles. The zero-order valence-electron chi connectivity index (χ0n) is 18.6. The monoisotopic (exact) mass is 489 g/mol. The first-order chi connectivity index (χ1) is 15.9. The number of aliphatic imine (C=N–C) groups is 1. The Morgan fingerprint density at radius 2 is 1.91 bits per heavy atom. The van der Waals surface area contributed by atoms with E-state index in [1.807, 2.05) is 38.1 Å². The lowest BCUT2D eigenvalue weighted by Crippen LogP contribution is -2.41. The maximum Gasteiger partial charge on any atom is 0.260 e. The van der Waals surface area contributed by atoms with E-state index in [9.17, 15) is 13.2 Å². The van der Waals surface area contributed by atoms with Crippen molar-refractivity contribution in [3.8, 4) is 5.75 Å². The minimum atomic E-state index is -3.69. The van der Waals surface area contributed by atoms with E-state index in [0.29, 0.717) is 49.4 Å². The van der Waals surface area contributed by atoms with Gasteiger partial charge in [0.15, 0.2) is 5.17 Å². The molecule has 2 aliphatic heterocycles. The van der Waals surface area contributed by atoms with Gasteiger partial charge < -0.3 is 9.47 Å². The maximum absolute atomic E-state index is 13.4. The molecule has 0 N–H and O–H groups in total. The third kappa shape index (κ3) is 5.24. The van der Waals surface area contributed by atoms with Gasteiger partial charge in [-0.3, -0.25) is 9.69 Å². The van der Waals surface area contributed by atoms with Crippen molar-refractivity contribution in [3.05, 3.63) is 54.1 Å². The van der Waals surface area contributed by atoms with Gasteiger partial charge >= 0.3 is 0 Å². The van der Waals surface area contributed by atoms with Crippen molar-refractivity contribution in [3.63, 3.8) is 0 Å². The van der Waals surface area contributed by atoms with E-state index in [-0.39, 0.29) is 16.8 Å². The lowest BCUT2D eigenvalue weighted by Gasteiger charge is -2.26. The summed E-state index contributed by atoms with van der Waals surface area (Å²) in [6.07, 6.45) is 0. The van der Waals surface area contributed by atoms with Gasteiger partial charge in [0.1, 0.15) is 5.75 Å².